The van der Waals surface area contributed by atoms with Gasteiger partial charge in [-0.1, -0.05) is 17.7 Å². The molecule has 0 atom stereocenters. The van der Waals surface area contributed by atoms with Crippen molar-refractivity contribution in [1.82, 2.24) is 9.78 Å². The number of benzene rings is 1. The number of nitrogens with zero attached hydrogens (tertiary/aromatic N) is 3. The third-order valence-corrected chi connectivity index (χ3v) is 3.05. The number of carbonyl (C=O) groups excluding carboxylic acids is 1. The summed E-state index contributed by atoms with van der Waals surface area (Å²) in [4.78, 5) is 13.8. The molecular weight excluding hydrogens is 240 g/mol. The lowest BCUT2D eigenvalue weighted by atomic mass is 10.1. The van der Waals surface area contributed by atoms with Crippen LogP contribution in [0.15, 0.2) is 30.5 Å². The fraction of sp³-hybridized carbons (Fsp3) is 0.286. The van der Waals surface area contributed by atoms with Crippen LogP contribution in [0.25, 0.3) is 0 Å². The highest BCUT2D eigenvalue weighted by atomic mass is 16.2. The Morgan fingerprint density at radius 3 is 2.68 bits per heavy atom. The zero-order valence-corrected chi connectivity index (χ0v) is 11.4. The number of carbonyl (C=O) groups is 1. The first-order valence-corrected chi connectivity index (χ1v) is 6.10. The number of likely N-dealkylation sites (N-methyl/N-ethyl adjacent to an activating group) is 1. The summed E-state index contributed by atoms with van der Waals surface area (Å²) in [5.41, 5.74) is 8.70. The molecule has 0 radical (unpaired) electrons. The molecule has 0 aliphatic carbocycles. The van der Waals surface area contributed by atoms with Gasteiger partial charge in [0.25, 0.3) is 0 Å². The van der Waals surface area contributed by atoms with Gasteiger partial charge < -0.3 is 10.6 Å². The lowest BCUT2D eigenvalue weighted by molar-refractivity contribution is -0.119. The highest BCUT2D eigenvalue weighted by Gasteiger charge is 2.13. The van der Waals surface area contributed by atoms with E-state index in [1.165, 1.54) is 10.2 Å². The average Bonchev–Trinajstić information content (AvgIpc) is 2.74. The fourth-order valence-corrected chi connectivity index (χ4v) is 2.03. The summed E-state index contributed by atoms with van der Waals surface area (Å²) < 4.78 is 1.54. The fourth-order valence-electron chi connectivity index (χ4n) is 2.03. The van der Waals surface area contributed by atoms with Gasteiger partial charge in [-0.2, -0.15) is 5.10 Å². The summed E-state index contributed by atoms with van der Waals surface area (Å²) in [6, 6.07) is 7.69. The molecule has 0 saturated carbocycles. The number of nitrogens with two attached hydrogens (primary N) is 1. The zero-order chi connectivity index (χ0) is 14.0. The summed E-state index contributed by atoms with van der Waals surface area (Å²) in [6.45, 7) is 4.21. The number of hydrogen-bond donors (Lipinski definition) is 1. The summed E-state index contributed by atoms with van der Waals surface area (Å²) in [5.74, 6) is 0.386. The van der Waals surface area contributed by atoms with Gasteiger partial charge in [-0.3, -0.25) is 9.48 Å². The third kappa shape index (κ3) is 2.93. The molecule has 19 heavy (non-hydrogen) atoms. The van der Waals surface area contributed by atoms with Gasteiger partial charge in [-0.15, -0.1) is 0 Å². The van der Waals surface area contributed by atoms with E-state index in [0.717, 1.165) is 11.3 Å². The Balaban J connectivity index is 2.14. The van der Waals surface area contributed by atoms with E-state index in [9.17, 15) is 4.79 Å². The van der Waals surface area contributed by atoms with Crippen molar-refractivity contribution < 1.29 is 4.79 Å². The normalized spacial score (nSPS) is 10.5. The van der Waals surface area contributed by atoms with Crippen LogP contribution < -0.4 is 10.6 Å². The van der Waals surface area contributed by atoms with Crippen molar-refractivity contribution in [3.63, 3.8) is 0 Å². The topological polar surface area (TPSA) is 64.2 Å². The Bertz CT molecular complexity index is 603. The van der Waals surface area contributed by atoms with Gasteiger partial charge in [0.05, 0.1) is 0 Å². The largest absolute Gasteiger partial charge is 0.382 e. The van der Waals surface area contributed by atoms with E-state index in [2.05, 4.69) is 11.2 Å². The first-order valence-electron chi connectivity index (χ1n) is 6.10. The molecule has 0 unspecified atom stereocenters. The number of aryl methyl sites for hydroxylation is 2. The Labute approximate surface area is 112 Å². The van der Waals surface area contributed by atoms with Crippen LogP contribution in [0.5, 0.6) is 0 Å². The van der Waals surface area contributed by atoms with Crippen molar-refractivity contribution in [2.24, 2.45) is 0 Å². The number of aromatic nitrogens is 2. The van der Waals surface area contributed by atoms with Crippen LogP contribution in [-0.4, -0.2) is 22.7 Å². The molecule has 1 heterocycles. The van der Waals surface area contributed by atoms with E-state index in [-0.39, 0.29) is 12.5 Å². The molecule has 100 valence electrons. The molecular formula is C14H18N4O. The molecule has 5 heteroatoms. The van der Waals surface area contributed by atoms with E-state index in [0.29, 0.717) is 5.82 Å². The monoisotopic (exact) mass is 258 g/mol. The van der Waals surface area contributed by atoms with E-state index in [1.807, 2.05) is 26.0 Å². The van der Waals surface area contributed by atoms with Gasteiger partial charge in [0.1, 0.15) is 12.4 Å². The molecule has 0 aliphatic heterocycles. The van der Waals surface area contributed by atoms with Crippen LogP contribution in [0.2, 0.25) is 0 Å². The maximum atomic E-state index is 12.2. The molecule has 1 aromatic carbocycles. The Hall–Kier alpha value is -2.30. The second-order valence-electron chi connectivity index (χ2n) is 4.68. The minimum Gasteiger partial charge on any atom is -0.382 e. The molecule has 1 amide bonds. The van der Waals surface area contributed by atoms with Gasteiger partial charge in [0.2, 0.25) is 5.91 Å². The van der Waals surface area contributed by atoms with Gasteiger partial charge in [0.15, 0.2) is 0 Å². The molecule has 2 N–H and O–H groups in total. The Kier molecular flexibility index (Phi) is 3.55. The quantitative estimate of drug-likeness (QED) is 0.912. The van der Waals surface area contributed by atoms with E-state index >= 15 is 0 Å². The Morgan fingerprint density at radius 1 is 1.37 bits per heavy atom. The van der Waals surface area contributed by atoms with Crippen LogP contribution in [0.3, 0.4) is 0 Å². The van der Waals surface area contributed by atoms with Crippen molar-refractivity contribution in [2.75, 3.05) is 17.7 Å². The molecule has 1 aromatic heterocycles. The second-order valence-corrected chi connectivity index (χ2v) is 4.68. The van der Waals surface area contributed by atoms with E-state index < -0.39 is 0 Å². The van der Waals surface area contributed by atoms with Crippen molar-refractivity contribution in [1.29, 1.82) is 0 Å². The second kappa shape index (κ2) is 5.14. The SMILES string of the molecule is Cc1ccc(N(C)C(=O)Cn2ccc(N)n2)c(C)c1. The molecule has 2 aromatic rings. The van der Waals surface area contributed by atoms with Crippen molar-refractivity contribution in [3.05, 3.63) is 41.6 Å². The maximum Gasteiger partial charge on any atom is 0.248 e. The van der Waals surface area contributed by atoms with Crippen LogP contribution >= 0.6 is 0 Å². The highest BCUT2D eigenvalue weighted by molar-refractivity contribution is 5.93. The molecule has 0 bridgehead atoms. The first kappa shape index (κ1) is 13.1. The summed E-state index contributed by atoms with van der Waals surface area (Å²) in [5, 5.41) is 4.01. The summed E-state index contributed by atoms with van der Waals surface area (Å²) >= 11 is 0. The number of nitrogen functional groups attached to an aromatic ring is 1. The summed E-state index contributed by atoms with van der Waals surface area (Å²) in [6.07, 6.45) is 1.70. The standard InChI is InChI=1S/C14H18N4O/c1-10-4-5-12(11(2)8-10)17(3)14(19)9-18-7-6-13(15)16-18/h4-8H,9H2,1-3H3,(H2,15,16). The smallest absolute Gasteiger partial charge is 0.248 e. The zero-order valence-electron chi connectivity index (χ0n) is 11.4. The predicted molar refractivity (Wildman–Crippen MR) is 76.0 cm³/mol. The number of anilines is 2. The van der Waals surface area contributed by atoms with Crippen LogP contribution in [0.1, 0.15) is 11.1 Å². The van der Waals surface area contributed by atoms with Crippen molar-refractivity contribution in [2.45, 2.75) is 20.4 Å². The molecule has 5 nitrogen and oxygen atoms in total. The van der Waals surface area contributed by atoms with Gasteiger partial charge >= 0.3 is 0 Å². The molecule has 2 rings (SSSR count). The highest BCUT2D eigenvalue weighted by Crippen LogP contribution is 2.20. The van der Waals surface area contributed by atoms with Crippen LogP contribution in [0, 0.1) is 13.8 Å². The first-order chi connectivity index (χ1) is 8.97. The minimum absolute atomic E-state index is 0.0324. The lowest BCUT2D eigenvalue weighted by Crippen LogP contribution is -2.30. The average molecular weight is 258 g/mol. The number of rotatable bonds is 3. The Morgan fingerprint density at radius 2 is 2.11 bits per heavy atom. The number of hydrogen-bond acceptors (Lipinski definition) is 3. The predicted octanol–water partition coefficient (Wildman–Crippen LogP) is 1.75. The van der Waals surface area contributed by atoms with Crippen LogP contribution in [-0.2, 0) is 11.3 Å². The van der Waals surface area contributed by atoms with Gasteiger partial charge in [-0.25, -0.2) is 0 Å². The maximum absolute atomic E-state index is 12.2. The van der Waals surface area contributed by atoms with Crippen LogP contribution in [0.4, 0.5) is 11.5 Å². The van der Waals surface area contributed by atoms with Crippen molar-refractivity contribution in [3.8, 4) is 0 Å². The van der Waals surface area contributed by atoms with Gasteiger partial charge in [-0.05, 0) is 31.5 Å². The molecule has 0 spiro atoms. The van der Waals surface area contributed by atoms with E-state index in [4.69, 9.17) is 5.73 Å². The number of amides is 1. The van der Waals surface area contributed by atoms with E-state index in [1.54, 1.807) is 24.2 Å². The molecule has 0 saturated heterocycles. The molecule has 0 aliphatic rings. The lowest BCUT2D eigenvalue weighted by Gasteiger charge is -2.20. The minimum atomic E-state index is -0.0324. The third-order valence-electron chi connectivity index (χ3n) is 3.05. The molecule has 0 fully saturated rings. The summed E-state index contributed by atoms with van der Waals surface area (Å²) in [7, 11) is 1.77. The van der Waals surface area contributed by atoms with Gasteiger partial charge in [0, 0.05) is 18.9 Å². The van der Waals surface area contributed by atoms with Crippen molar-refractivity contribution >= 4 is 17.4 Å².